The SMILES string of the molecule is O=C(NC1CCCC1O)c1[nH]c2ncc(NS(=O)(=O)c3ccc(OC(F)(F)F)cc3)cc2c1-c1ccccc1. The highest BCUT2D eigenvalue weighted by atomic mass is 32.2. The molecule has 1 aliphatic carbocycles. The quantitative estimate of drug-likeness (QED) is 0.262. The topological polar surface area (TPSA) is 133 Å². The van der Waals surface area contributed by atoms with E-state index in [0.717, 1.165) is 30.7 Å². The number of halogens is 3. The molecule has 2 atom stereocenters. The molecule has 0 radical (unpaired) electrons. The normalized spacial score (nSPS) is 17.7. The minimum absolute atomic E-state index is 0.0764. The van der Waals surface area contributed by atoms with Crippen LogP contribution in [0.15, 0.2) is 71.8 Å². The summed E-state index contributed by atoms with van der Waals surface area (Å²) < 4.78 is 69.3. The van der Waals surface area contributed by atoms with Gasteiger partial charge in [0.05, 0.1) is 28.9 Å². The number of carbonyl (C=O) groups is 1. The van der Waals surface area contributed by atoms with Gasteiger partial charge >= 0.3 is 6.36 Å². The van der Waals surface area contributed by atoms with Crippen LogP contribution < -0.4 is 14.8 Å². The number of hydrogen-bond acceptors (Lipinski definition) is 6. The second-order valence-corrected chi connectivity index (χ2v) is 10.7. The number of pyridine rings is 1. The number of aromatic nitrogens is 2. The van der Waals surface area contributed by atoms with Crippen LogP contribution >= 0.6 is 0 Å². The van der Waals surface area contributed by atoms with Crippen molar-refractivity contribution in [1.82, 2.24) is 15.3 Å². The number of fused-ring (bicyclic) bond motifs is 1. The molecule has 2 unspecified atom stereocenters. The summed E-state index contributed by atoms with van der Waals surface area (Å²) in [7, 11) is -4.20. The molecular formula is C26H23F3N4O5S. The van der Waals surface area contributed by atoms with Gasteiger partial charge in [0, 0.05) is 10.9 Å². The second-order valence-electron chi connectivity index (χ2n) is 9.06. The molecule has 9 nitrogen and oxygen atoms in total. The summed E-state index contributed by atoms with van der Waals surface area (Å²) in [4.78, 5) is 20.3. The van der Waals surface area contributed by atoms with Crippen LogP contribution in [0.4, 0.5) is 18.9 Å². The number of rotatable bonds is 7. The Morgan fingerprint density at radius 3 is 2.44 bits per heavy atom. The van der Waals surface area contributed by atoms with Crippen molar-refractivity contribution in [3.05, 3.63) is 72.6 Å². The zero-order valence-electron chi connectivity index (χ0n) is 20.2. The Bertz CT molecular complexity index is 1610. The molecule has 1 fully saturated rings. The van der Waals surface area contributed by atoms with Gasteiger partial charge in [-0.2, -0.15) is 0 Å². The van der Waals surface area contributed by atoms with Crippen LogP contribution in [0, 0.1) is 0 Å². The lowest BCUT2D eigenvalue weighted by Gasteiger charge is -2.16. The van der Waals surface area contributed by atoms with Crippen LogP contribution in [0.1, 0.15) is 29.8 Å². The Morgan fingerprint density at radius 1 is 1.08 bits per heavy atom. The number of nitrogens with one attached hydrogen (secondary N) is 3. The molecule has 0 spiro atoms. The van der Waals surface area contributed by atoms with Gasteiger partial charge < -0.3 is 20.1 Å². The number of sulfonamides is 1. The molecule has 1 aliphatic rings. The maximum Gasteiger partial charge on any atom is 0.573 e. The number of nitrogens with zero attached hydrogens (tertiary/aromatic N) is 1. The van der Waals surface area contributed by atoms with Crippen LogP contribution in [0.25, 0.3) is 22.2 Å². The van der Waals surface area contributed by atoms with Crippen molar-refractivity contribution < 1.29 is 36.2 Å². The summed E-state index contributed by atoms with van der Waals surface area (Å²) in [6.45, 7) is 0. The highest BCUT2D eigenvalue weighted by Gasteiger charge is 2.31. The van der Waals surface area contributed by atoms with E-state index in [2.05, 4.69) is 24.7 Å². The summed E-state index contributed by atoms with van der Waals surface area (Å²) in [5.74, 6) is -0.985. The van der Waals surface area contributed by atoms with Crippen molar-refractivity contribution in [2.45, 2.75) is 42.7 Å². The fraction of sp³-hybridized carbons (Fsp3) is 0.231. The molecular weight excluding hydrogens is 537 g/mol. The number of aromatic amines is 1. The number of benzene rings is 2. The molecule has 2 heterocycles. The van der Waals surface area contributed by atoms with Gasteiger partial charge in [-0.25, -0.2) is 13.4 Å². The third kappa shape index (κ3) is 5.83. The van der Waals surface area contributed by atoms with Crippen molar-refractivity contribution in [2.75, 3.05) is 4.72 Å². The molecule has 1 amide bonds. The largest absolute Gasteiger partial charge is 0.573 e. The number of alkyl halides is 3. The Labute approximate surface area is 221 Å². The van der Waals surface area contributed by atoms with Gasteiger partial charge in [-0.15, -0.1) is 13.2 Å². The third-order valence-corrected chi connectivity index (χ3v) is 7.75. The average molecular weight is 561 g/mol. The molecule has 13 heteroatoms. The van der Waals surface area contributed by atoms with Crippen LogP contribution in [0.3, 0.4) is 0 Å². The van der Waals surface area contributed by atoms with Crippen molar-refractivity contribution in [3.63, 3.8) is 0 Å². The van der Waals surface area contributed by atoms with Gasteiger partial charge in [-0.05, 0) is 55.2 Å². The number of amides is 1. The number of aliphatic hydroxyl groups excluding tert-OH is 1. The van der Waals surface area contributed by atoms with Gasteiger partial charge in [-0.3, -0.25) is 9.52 Å². The summed E-state index contributed by atoms with van der Waals surface area (Å²) in [5, 5.41) is 13.5. The molecule has 2 aromatic heterocycles. The Balaban J connectivity index is 1.48. The predicted octanol–water partition coefficient (Wildman–Crippen LogP) is 4.57. The first-order valence-electron chi connectivity index (χ1n) is 11.9. The molecule has 4 aromatic rings. The minimum Gasteiger partial charge on any atom is -0.406 e. The molecule has 204 valence electrons. The number of H-pyrrole nitrogens is 1. The van der Waals surface area contributed by atoms with Crippen molar-refractivity contribution in [3.8, 4) is 16.9 Å². The van der Waals surface area contributed by atoms with E-state index < -0.39 is 34.1 Å². The van der Waals surface area contributed by atoms with Crippen LogP contribution in [0.2, 0.25) is 0 Å². The molecule has 2 aromatic carbocycles. The van der Waals surface area contributed by atoms with E-state index in [9.17, 15) is 31.5 Å². The summed E-state index contributed by atoms with van der Waals surface area (Å²) in [6.07, 6.45) is -2.22. The highest BCUT2D eigenvalue weighted by molar-refractivity contribution is 7.92. The fourth-order valence-corrected chi connectivity index (χ4v) is 5.62. The number of aliphatic hydroxyl groups is 1. The maximum atomic E-state index is 13.2. The molecule has 1 saturated carbocycles. The minimum atomic E-state index is -4.90. The average Bonchev–Trinajstić information content (AvgIpc) is 3.46. The number of carbonyl (C=O) groups excluding carboxylic acids is 1. The molecule has 39 heavy (non-hydrogen) atoms. The molecule has 4 N–H and O–H groups in total. The van der Waals surface area contributed by atoms with Crippen LogP contribution in [-0.4, -0.2) is 47.9 Å². The number of anilines is 1. The van der Waals surface area contributed by atoms with E-state index in [0.29, 0.717) is 35.0 Å². The number of hydrogen-bond donors (Lipinski definition) is 4. The Hall–Kier alpha value is -4.10. The standard InChI is InChI=1S/C26H23F3N4O5S/c27-26(28,29)38-17-9-11-18(12-10-17)39(36,37)33-16-13-19-22(15-5-2-1-3-6-15)23(32-24(19)30-14-16)25(35)31-20-7-4-8-21(20)34/h1-3,5-6,9-14,20-21,33-34H,4,7-8H2,(H,30,32)(H,31,35). The maximum absolute atomic E-state index is 13.2. The first kappa shape index (κ1) is 26.5. The smallest absolute Gasteiger partial charge is 0.406 e. The third-order valence-electron chi connectivity index (χ3n) is 6.36. The van der Waals surface area contributed by atoms with E-state index in [1.54, 1.807) is 24.3 Å². The van der Waals surface area contributed by atoms with E-state index >= 15 is 0 Å². The van der Waals surface area contributed by atoms with E-state index in [-0.39, 0.29) is 22.3 Å². The first-order chi connectivity index (χ1) is 18.5. The van der Waals surface area contributed by atoms with Gasteiger partial charge in [0.15, 0.2) is 0 Å². The Morgan fingerprint density at radius 2 is 1.79 bits per heavy atom. The molecule has 0 saturated heterocycles. The molecule has 0 aliphatic heterocycles. The predicted molar refractivity (Wildman–Crippen MR) is 137 cm³/mol. The van der Waals surface area contributed by atoms with E-state index in [1.165, 1.54) is 12.3 Å². The zero-order chi connectivity index (χ0) is 27.8. The van der Waals surface area contributed by atoms with E-state index in [1.807, 2.05) is 6.07 Å². The highest BCUT2D eigenvalue weighted by Crippen LogP contribution is 2.34. The fourth-order valence-electron chi connectivity index (χ4n) is 4.59. The Kier molecular flexibility index (Phi) is 6.95. The summed E-state index contributed by atoms with van der Waals surface area (Å²) >= 11 is 0. The van der Waals surface area contributed by atoms with Crippen molar-refractivity contribution in [2.24, 2.45) is 0 Å². The van der Waals surface area contributed by atoms with Gasteiger partial charge in [0.2, 0.25) is 0 Å². The monoisotopic (exact) mass is 560 g/mol. The van der Waals surface area contributed by atoms with Gasteiger partial charge in [-0.1, -0.05) is 30.3 Å². The lowest BCUT2D eigenvalue weighted by molar-refractivity contribution is -0.274. The van der Waals surface area contributed by atoms with Crippen LogP contribution in [0.5, 0.6) is 5.75 Å². The molecule has 5 rings (SSSR count). The van der Waals surface area contributed by atoms with Crippen molar-refractivity contribution >= 4 is 32.7 Å². The van der Waals surface area contributed by atoms with Crippen LogP contribution in [-0.2, 0) is 10.0 Å². The zero-order valence-corrected chi connectivity index (χ0v) is 21.0. The first-order valence-corrected chi connectivity index (χ1v) is 13.4. The number of ether oxygens (including phenoxy) is 1. The summed E-state index contributed by atoms with van der Waals surface area (Å²) in [5.41, 5.74) is 1.80. The molecule has 0 bridgehead atoms. The van der Waals surface area contributed by atoms with Gasteiger partial charge in [0.25, 0.3) is 15.9 Å². The lowest BCUT2D eigenvalue weighted by Crippen LogP contribution is -2.40. The summed E-state index contributed by atoms with van der Waals surface area (Å²) in [6, 6.07) is 13.9. The lowest BCUT2D eigenvalue weighted by atomic mass is 10.0. The van der Waals surface area contributed by atoms with Crippen molar-refractivity contribution in [1.29, 1.82) is 0 Å². The van der Waals surface area contributed by atoms with E-state index in [4.69, 9.17) is 0 Å². The second kappa shape index (κ2) is 10.2. The van der Waals surface area contributed by atoms with Gasteiger partial charge in [0.1, 0.15) is 17.1 Å².